The zero-order chi connectivity index (χ0) is 8.60. The third kappa shape index (κ3) is 2.20. The predicted molar refractivity (Wildman–Crippen MR) is 49.0 cm³/mol. The molecule has 0 aromatic heterocycles. The monoisotopic (exact) mass is 169 g/mol. The van der Waals surface area contributed by atoms with Crippen molar-refractivity contribution in [2.45, 2.75) is 38.2 Å². The highest BCUT2D eigenvalue weighted by atomic mass is 16.3. The molecule has 1 atom stereocenters. The summed E-state index contributed by atoms with van der Waals surface area (Å²) in [5.74, 6) is 0.957. The summed E-state index contributed by atoms with van der Waals surface area (Å²) in [6.07, 6.45) is 4.98. The Kier molecular flexibility index (Phi) is 2.13. The molecule has 1 heterocycles. The van der Waals surface area contributed by atoms with Crippen LogP contribution in [0.3, 0.4) is 0 Å². The Morgan fingerprint density at radius 3 is 2.83 bits per heavy atom. The average molecular weight is 169 g/mol. The van der Waals surface area contributed by atoms with Crippen molar-refractivity contribution >= 4 is 0 Å². The molecule has 0 aromatic rings. The van der Waals surface area contributed by atoms with Crippen molar-refractivity contribution in [1.82, 2.24) is 4.90 Å². The highest BCUT2D eigenvalue weighted by Gasteiger charge is 2.31. The van der Waals surface area contributed by atoms with Crippen molar-refractivity contribution in [3.63, 3.8) is 0 Å². The Hall–Kier alpha value is -0.0800. The van der Waals surface area contributed by atoms with Gasteiger partial charge in [0.2, 0.25) is 0 Å². The normalized spacial score (nSPS) is 38.5. The molecule has 0 aromatic carbocycles. The number of likely N-dealkylation sites (tertiary alicyclic amines) is 1. The van der Waals surface area contributed by atoms with Crippen molar-refractivity contribution in [3.8, 4) is 0 Å². The molecule has 1 aliphatic carbocycles. The van der Waals surface area contributed by atoms with Crippen LogP contribution in [0.2, 0.25) is 0 Å². The minimum Gasteiger partial charge on any atom is -0.389 e. The third-order valence-electron chi connectivity index (χ3n) is 2.97. The molecule has 1 saturated heterocycles. The molecule has 0 bridgehead atoms. The van der Waals surface area contributed by atoms with Gasteiger partial charge in [-0.05, 0) is 45.1 Å². The van der Waals surface area contributed by atoms with E-state index in [4.69, 9.17) is 0 Å². The SMILES string of the molecule is CC1(O)CCCN(CC2CC2)C1. The lowest BCUT2D eigenvalue weighted by molar-refractivity contribution is -0.0167. The van der Waals surface area contributed by atoms with Gasteiger partial charge >= 0.3 is 0 Å². The van der Waals surface area contributed by atoms with Crippen molar-refractivity contribution in [3.05, 3.63) is 0 Å². The molecular weight excluding hydrogens is 150 g/mol. The largest absolute Gasteiger partial charge is 0.389 e. The summed E-state index contributed by atoms with van der Waals surface area (Å²) in [7, 11) is 0. The zero-order valence-electron chi connectivity index (χ0n) is 7.92. The predicted octanol–water partition coefficient (Wildman–Crippen LogP) is 1.24. The first-order valence-corrected chi connectivity index (χ1v) is 5.10. The minimum absolute atomic E-state index is 0.410. The molecule has 1 aliphatic heterocycles. The zero-order valence-corrected chi connectivity index (χ0v) is 7.92. The van der Waals surface area contributed by atoms with Gasteiger partial charge < -0.3 is 10.0 Å². The van der Waals surface area contributed by atoms with Crippen LogP contribution in [0.5, 0.6) is 0 Å². The van der Waals surface area contributed by atoms with Gasteiger partial charge in [-0.25, -0.2) is 0 Å². The minimum atomic E-state index is -0.410. The van der Waals surface area contributed by atoms with Crippen LogP contribution in [0.25, 0.3) is 0 Å². The van der Waals surface area contributed by atoms with E-state index in [0.717, 1.165) is 18.9 Å². The first-order chi connectivity index (χ1) is 5.66. The molecule has 2 nitrogen and oxygen atoms in total. The van der Waals surface area contributed by atoms with Crippen LogP contribution in [-0.4, -0.2) is 35.2 Å². The van der Waals surface area contributed by atoms with Crippen LogP contribution < -0.4 is 0 Å². The summed E-state index contributed by atoms with van der Waals surface area (Å²) in [5.41, 5.74) is -0.410. The molecule has 1 saturated carbocycles. The van der Waals surface area contributed by atoms with E-state index in [1.165, 1.54) is 32.4 Å². The van der Waals surface area contributed by atoms with E-state index < -0.39 is 5.60 Å². The van der Waals surface area contributed by atoms with Crippen molar-refractivity contribution in [2.24, 2.45) is 5.92 Å². The van der Waals surface area contributed by atoms with E-state index >= 15 is 0 Å². The molecule has 2 heteroatoms. The molecule has 1 N–H and O–H groups in total. The lowest BCUT2D eigenvalue weighted by atomic mass is 9.95. The van der Waals surface area contributed by atoms with Gasteiger partial charge in [0.25, 0.3) is 0 Å². The maximum Gasteiger partial charge on any atom is 0.0746 e. The summed E-state index contributed by atoms with van der Waals surface area (Å²) in [6.45, 7) is 5.29. The first kappa shape index (κ1) is 8.52. The fourth-order valence-electron chi connectivity index (χ4n) is 2.14. The Balaban J connectivity index is 1.81. The van der Waals surface area contributed by atoms with Crippen LogP contribution in [0.15, 0.2) is 0 Å². The highest BCUT2D eigenvalue weighted by Crippen LogP contribution is 2.31. The third-order valence-corrected chi connectivity index (χ3v) is 2.97. The standard InChI is InChI=1S/C10H19NO/c1-10(12)5-2-6-11(8-10)7-9-3-4-9/h9,12H,2-8H2,1H3. The van der Waals surface area contributed by atoms with Crippen LogP contribution in [0, 0.1) is 5.92 Å². The fourth-order valence-corrected chi connectivity index (χ4v) is 2.14. The number of aliphatic hydroxyl groups is 1. The van der Waals surface area contributed by atoms with Crippen LogP contribution in [-0.2, 0) is 0 Å². The summed E-state index contributed by atoms with van der Waals surface area (Å²) >= 11 is 0. The van der Waals surface area contributed by atoms with E-state index in [0.29, 0.717) is 0 Å². The Labute approximate surface area is 74.6 Å². The quantitative estimate of drug-likeness (QED) is 0.672. The molecule has 0 spiro atoms. The van der Waals surface area contributed by atoms with Gasteiger partial charge in [0.15, 0.2) is 0 Å². The number of piperidine rings is 1. The molecule has 0 amide bonds. The molecule has 70 valence electrons. The van der Waals surface area contributed by atoms with Gasteiger partial charge in [0, 0.05) is 13.1 Å². The summed E-state index contributed by atoms with van der Waals surface area (Å²) < 4.78 is 0. The number of β-amino-alcohol motifs (C(OH)–C–C–N with tert-alkyl or cyclic N) is 1. The maximum atomic E-state index is 9.84. The van der Waals surface area contributed by atoms with E-state index in [2.05, 4.69) is 4.90 Å². The summed E-state index contributed by atoms with van der Waals surface area (Å²) in [5, 5.41) is 9.84. The average Bonchev–Trinajstić information content (AvgIpc) is 2.69. The van der Waals surface area contributed by atoms with Gasteiger partial charge in [-0.1, -0.05) is 0 Å². The first-order valence-electron chi connectivity index (χ1n) is 5.10. The number of nitrogens with zero attached hydrogens (tertiary/aromatic N) is 1. The Bertz CT molecular complexity index is 163. The van der Waals surface area contributed by atoms with Gasteiger partial charge in [-0.3, -0.25) is 0 Å². The van der Waals surface area contributed by atoms with Crippen molar-refractivity contribution in [2.75, 3.05) is 19.6 Å². The van der Waals surface area contributed by atoms with Crippen LogP contribution in [0.1, 0.15) is 32.6 Å². The highest BCUT2D eigenvalue weighted by molar-refractivity contribution is 4.86. The molecular formula is C10H19NO. The lowest BCUT2D eigenvalue weighted by Crippen LogP contribution is -2.46. The second-order valence-electron chi connectivity index (χ2n) is 4.78. The lowest BCUT2D eigenvalue weighted by Gasteiger charge is -2.36. The second kappa shape index (κ2) is 3.00. The van der Waals surface area contributed by atoms with Crippen LogP contribution in [0.4, 0.5) is 0 Å². The van der Waals surface area contributed by atoms with Gasteiger partial charge in [-0.15, -0.1) is 0 Å². The van der Waals surface area contributed by atoms with Gasteiger partial charge in [0.05, 0.1) is 5.60 Å². The van der Waals surface area contributed by atoms with Gasteiger partial charge in [-0.2, -0.15) is 0 Å². The van der Waals surface area contributed by atoms with E-state index in [1.54, 1.807) is 0 Å². The Morgan fingerprint density at radius 1 is 1.50 bits per heavy atom. The summed E-state index contributed by atoms with van der Waals surface area (Å²) in [6, 6.07) is 0. The van der Waals surface area contributed by atoms with E-state index in [9.17, 15) is 5.11 Å². The number of hydrogen-bond acceptors (Lipinski definition) is 2. The summed E-state index contributed by atoms with van der Waals surface area (Å²) in [4.78, 5) is 2.43. The smallest absolute Gasteiger partial charge is 0.0746 e. The molecule has 0 radical (unpaired) electrons. The molecule has 12 heavy (non-hydrogen) atoms. The van der Waals surface area contributed by atoms with E-state index in [-0.39, 0.29) is 0 Å². The number of hydrogen-bond donors (Lipinski definition) is 1. The second-order valence-corrected chi connectivity index (χ2v) is 4.78. The van der Waals surface area contributed by atoms with Crippen LogP contribution >= 0.6 is 0 Å². The van der Waals surface area contributed by atoms with E-state index in [1.807, 2.05) is 6.92 Å². The maximum absolute atomic E-state index is 9.84. The molecule has 1 unspecified atom stereocenters. The van der Waals surface area contributed by atoms with Crippen molar-refractivity contribution in [1.29, 1.82) is 0 Å². The molecule has 2 aliphatic rings. The van der Waals surface area contributed by atoms with Gasteiger partial charge in [0.1, 0.15) is 0 Å². The number of rotatable bonds is 2. The topological polar surface area (TPSA) is 23.5 Å². The van der Waals surface area contributed by atoms with Crippen molar-refractivity contribution < 1.29 is 5.11 Å². The Morgan fingerprint density at radius 2 is 2.25 bits per heavy atom. The molecule has 2 fully saturated rings. The fraction of sp³-hybridized carbons (Fsp3) is 1.00. The molecule has 2 rings (SSSR count).